The van der Waals surface area contributed by atoms with Gasteiger partial charge in [0.2, 0.25) is 0 Å². The van der Waals surface area contributed by atoms with Gasteiger partial charge < -0.3 is 17.3 Å². The summed E-state index contributed by atoms with van der Waals surface area (Å²) in [6.07, 6.45) is 20.5. The third-order valence-electron chi connectivity index (χ3n) is 5.55. The van der Waals surface area contributed by atoms with E-state index in [0.29, 0.717) is 6.04 Å². The summed E-state index contributed by atoms with van der Waals surface area (Å²) in [5.74, 6) is 0. The third kappa shape index (κ3) is 11.0. The monoisotopic (exact) mass is 396 g/mol. The molecule has 27 heavy (non-hydrogen) atoms. The second-order valence-corrected chi connectivity index (χ2v) is 7.82. The van der Waals surface area contributed by atoms with Crippen LogP contribution < -0.4 is 21.9 Å². The predicted molar refractivity (Wildman–Crippen MR) is 116 cm³/mol. The Kier molecular flexibility index (Phi) is 16.9. The number of pyridine rings is 1. The van der Waals surface area contributed by atoms with Gasteiger partial charge in [-0.15, -0.1) is 0 Å². The van der Waals surface area contributed by atoms with Gasteiger partial charge in [-0.05, 0) is 19.3 Å². The Morgan fingerprint density at radius 1 is 0.741 bits per heavy atom. The average Bonchev–Trinajstić information content (AvgIpc) is 2.68. The molecule has 1 atom stereocenters. The highest BCUT2D eigenvalue weighted by molar-refractivity contribution is 5.43. The fourth-order valence-corrected chi connectivity index (χ4v) is 3.72. The molecule has 0 bridgehead atoms. The first-order valence-corrected chi connectivity index (χ1v) is 11.5. The van der Waals surface area contributed by atoms with E-state index in [-0.39, 0.29) is 12.4 Å². The largest absolute Gasteiger partial charge is 1.00 e. The van der Waals surface area contributed by atoms with Crippen LogP contribution in [0.2, 0.25) is 0 Å². The van der Waals surface area contributed by atoms with E-state index in [1.807, 2.05) is 0 Å². The quantitative estimate of drug-likeness (QED) is 0.301. The third-order valence-corrected chi connectivity index (χ3v) is 5.55. The lowest BCUT2D eigenvalue weighted by Crippen LogP contribution is -3.00. The minimum Gasteiger partial charge on any atom is -1.00 e. The average molecular weight is 397 g/mol. The molecule has 0 saturated heterocycles. The predicted octanol–water partition coefficient (Wildman–Crippen LogP) is 4.09. The second kappa shape index (κ2) is 17.3. The van der Waals surface area contributed by atoms with Crippen molar-refractivity contribution in [2.45, 2.75) is 111 Å². The molecule has 0 aromatic carbocycles. The van der Waals surface area contributed by atoms with E-state index in [4.69, 9.17) is 0 Å². The van der Waals surface area contributed by atoms with Crippen molar-refractivity contribution in [3.8, 4) is 0 Å². The SMILES string of the molecule is CCCCCCN(CCCCCC)c1cc[n+](C(CC)CCCC)cc1.[Cl-]. The van der Waals surface area contributed by atoms with Crippen LogP contribution in [0.25, 0.3) is 0 Å². The lowest BCUT2D eigenvalue weighted by Gasteiger charge is -2.25. The molecular weight excluding hydrogens is 352 g/mol. The van der Waals surface area contributed by atoms with E-state index in [0.717, 1.165) is 0 Å². The minimum absolute atomic E-state index is 0. The number of halogens is 1. The Balaban J connectivity index is 0.00000676. The zero-order valence-corrected chi connectivity index (χ0v) is 19.3. The van der Waals surface area contributed by atoms with Crippen molar-refractivity contribution in [2.24, 2.45) is 0 Å². The Morgan fingerprint density at radius 3 is 1.70 bits per heavy atom. The summed E-state index contributed by atoms with van der Waals surface area (Å²) in [5, 5.41) is 0. The molecule has 1 heterocycles. The number of hydrogen-bond donors (Lipinski definition) is 0. The summed E-state index contributed by atoms with van der Waals surface area (Å²) in [7, 11) is 0. The van der Waals surface area contributed by atoms with E-state index in [2.05, 4.69) is 61.7 Å². The Labute approximate surface area is 176 Å². The topological polar surface area (TPSA) is 7.12 Å². The van der Waals surface area contributed by atoms with Crippen LogP contribution in [0.3, 0.4) is 0 Å². The molecule has 0 radical (unpaired) electrons. The summed E-state index contributed by atoms with van der Waals surface area (Å²) in [4.78, 5) is 2.63. The van der Waals surface area contributed by atoms with Gasteiger partial charge in [-0.1, -0.05) is 72.6 Å². The summed E-state index contributed by atoms with van der Waals surface area (Å²) in [5.41, 5.74) is 1.42. The van der Waals surface area contributed by atoms with E-state index >= 15 is 0 Å². The molecule has 0 fully saturated rings. The van der Waals surface area contributed by atoms with Gasteiger partial charge >= 0.3 is 0 Å². The second-order valence-electron chi connectivity index (χ2n) is 7.82. The molecule has 1 aromatic heterocycles. The van der Waals surface area contributed by atoms with Gasteiger partial charge in [0.15, 0.2) is 18.4 Å². The van der Waals surface area contributed by atoms with E-state index in [9.17, 15) is 0 Å². The van der Waals surface area contributed by atoms with Crippen LogP contribution in [-0.4, -0.2) is 13.1 Å². The van der Waals surface area contributed by atoms with Crippen LogP contribution in [0.5, 0.6) is 0 Å². The van der Waals surface area contributed by atoms with Crippen molar-refractivity contribution in [1.29, 1.82) is 0 Å². The lowest BCUT2D eigenvalue weighted by molar-refractivity contribution is -0.724. The molecular formula is C24H45ClN2. The standard InChI is InChI=1S/C24H45N2.ClH/c1-5-9-12-14-19-25(20-15-13-10-6-2)24-17-21-26(22-18-24)23(8-4)16-11-7-3;/h17-18,21-23H,5-16,19-20H2,1-4H3;1H/q+1;/p-1. The first kappa shape index (κ1) is 26.2. The number of nitrogens with zero attached hydrogens (tertiary/aromatic N) is 2. The fourth-order valence-electron chi connectivity index (χ4n) is 3.72. The maximum Gasteiger partial charge on any atom is 0.171 e. The van der Waals surface area contributed by atoms with E-state index < -0.39 is 0 Å². The summed E-state index contributed by atoms with van der Waals surface area (Å²) < 4.78 is 2.44. The summed E-state index contributed by atoms with van der Waals surface area (Å²) >= 11 is 0. The zero-order chi connectivity index (χ0) is 19.0. The Morgan fingerprint density at radius 2 is 1.26 bits per heavy atom. The van der Waals surface area contributed by atoms with Crippen molar-refractivity contribution in [3.05, 3.63) is 24.5 Å². The first-order chi connectivity index (χ1) is 12.8. The van der Waals surface area contributed by atoms with E-state index in [1.54, 1.807) is 0 Å². The molecule has 0 spiro atoms. The van der Waals surface area contributed by atoms with Crippen LogP contribution >= 0.6 is 0 Å². The number of rotatable bonds is 16. The molecule has 0 aliphatic rings. The molecule has 3 heteroatoms. The van der Waals surface area contributed by atoms with Gasteiger partial charge in [0, 0.05) is 43.8 Å². The smallest absolute Gasteiger partial charge is 0.171 e. The highest BCUT2D eigenvalue weighted by Crippen LogP contribution is 2.17. The van der Waals surface area contributed by atoms with Crippen molar-refractivity contribution in [3.63, 3.8) is 0 Å². The Bertz CT molecular complexity index is 421. The molecule has 1 aromatic rings. The number of unbranched alkanes of at least 4 members (excludes halogenated alkanes) is 7. The molecule has 0 amide bonds. The summed E-state index contributed by atoms with van der Waals surface area (Å²) in [6, 6.07) is 5.37. The van der Waals surface area contributed by atoms with Gasteiger partial charge in [0.1, 0.15) is 0 Å². The lowest BCUT2D eigenvalue weighted by atomic mass is 10.1. The van der Waals surface area contributed by atoms with Gasteiger partial charge in [-0.2, -0.15) is 0 Å². The molecule has 0 aliphatic carbocycles. The molecule has 1 rings (SSSR count). The maximum atomic E-state index is 2.63. The van der Waals surface area contributed by atoms with Crippen molar-refractivity contribution < 1.29 is 17.0 Å². The zero-order valence-electron chi connectivity index (χ0n) is 18.6. The van der Waals surface area contributed by atoms with E-state index in [1.165, 1.54) is 95.8 Å². The fraction of sp³-hybridized carbons (Fsp3) is 0.792. The first-order valence-electron chi connectivity index (χ1n) is 11.5. The van der Waals surface area contributed by atoms with Gasteiger partial charge in [0.05, 0.1) is 0 Å². The number of aromatic nitrogens is 1. The highest BCUT2D eigenvalue weighted by Gasteiger charge is 2.16. The highest BCUT2D eigenvalue weighted by atomic mass is 35.5. The van der Waals surface area contributed by atoms with Crippen molar-refractivity contribution in [1.82, 2.24) is 0 Å². The van der Waals surface area contributed by atoms with Crippen LogP contribution in [0.1, 0.15) is 111 Å². The van der Waals surface area contributed by atoms with Gasteiger partial charge in [-0.25, -0.2) is 4.57 Å². The minimum atomic E-state index is 0. The van der Waals surface area contributed by atoms with Crippen molar-refractivity contribution >= 4 is 5.69 Å². The molecule has 158 valence electrons. The van der Waals surface area contributed by atoms with Crippen LogP contribution in [-0.2, 0) is 0 Å². The number of hydrogen-bond acceptors (Lipinski definition) is 1. The van der Waals surface area contributed by atoms with Crippen LogP contribution in [0, 0.1) is 0 Å². The molecule has 0 saturated carbocycles. The Hall–Kier alpha value is -0.760. The normalized spacial score (nSPS) is 11.9. The maximum absolute atomic E-state index is 2.63. The van der Waals surface area contributed by atoms with Crippen LogP contribution in [0.15, 0.2) is 24.5 Å². The molecule has 2 nitrogen and oxygen atoms in total. The van der Waals surface area contributed by atoms with Gasteiger partial charge in [0.25, 0.3) is 0 Å². The molecule has 1 unspecified atom stereocenters. The summed E-state index contributed by atoms with van der Waals surface area (Å²) in [6.45, 7) is 11.6. The van der Waals surface area contributed by atoms with Crippen molar-refractivity contribution in [2.75, 3.05) is 18.0 Å². The van der Waals surface area contributed by atoms with Crippen LogP contribution in [0.4, 0.5) is 5.69 Å². The molecule has 0 N–H and O–H groups in total. The molecule has 0 aliphatic heterocycles. The number of anilines is 1. The van der Waals surface area contributed by atoms with Gasteiger partial charge in [-0.3, -0.25) is 0 Å².